The first-order valence-electron chi connectivity index (χ1n) is 12.9. The minimum atomic E-state index is -4.57. The summed E-state index contributed by atoms with van der Waals surface area (Å²) < 4.78 is 45.5. The van der Waals surface area contributed by atoms with Crippen LogP contribution in [0, 0.1) is 0 Å². The quantitative estimate of drug-likeness (QED) is 0.315. The highest BCUT2D eigenvalue weighted by Crippen LogP contribution is 2.38. The number of carbonyl (C=O) groups excluding carboxylic acids is 3. The van der Waals surface area contributed by atoms with Crippen molar-refractivity contribution in [3.63, 3.8) is 0 Å². The minimum Gasteiger partial charge on any atom is -0.497 e. The number of hydrogen-bond acceptors (Lipinski definition) is 10. The Morgan fingerprint density at radius 1 is 1.02 bits per heavy atom. The van der Waals surface area contributed by atoms with Crippen LogP contribution in [0.15, 0.2) is 53.4 Å². The third kappa shape index (κ3) is 6.96. The summed E-state index contributed by atoms with van der Waals surface area (Å²) in [4.78, 5) is 41.2. The van der Waals surface area contributed by atoms with Crippen LogP contribution in [-0.4, -0.2) is 80.7 Å². The van der Waals surface area contributed by atoms with E-state index in [0.29, 0.717) is 11.5 Å². The summed E-state index contributed by atoms with van der Waals surface area (Å²) in [5.74, 6) is -0.574. The van der Waals surface area contributed by atoms with Crippen LogP contribution in [0.2, 0.25) is 0 Å². The first-order chi connectivity index (χ1) is 19.0. The predicted molar refractivity (Wildman–Crippen MR) is 157 cm³/mol. The maximum atomic E-state index is 14.4. The number of rotatable bonds is 10. The zero-order valence-electron chi connectivity index (χ0n) is 24.5. The zero-order chi connectivity index (χ0) is 30.8. The fraction of sp³-hybridized carbons (Fsp3) is 0.464. The summed E-state index contributed by atoms with van der Waals surface area (Å²) in [7, 11) is -0.0740. The van der Waals surface area contributed by atoms with Crippen LogP contribution in [0.5, 0.6) is 11.5 Å². The number of thioether (sulfide) groups is 1. The molecule has 1 fully saturated rings. The summed E-state index contributed by atoms with van der Waals surface area (Å²) >= 11 is 1.29. The number of sulfonamides is 1. The Hall–Kier alpha value is -3.29. The molecule has 11 nitrogen and oxygen atoms in total. The number of Topliss-reactive ketones (excluding diaryl/α,β-unsaturated/α-hetero) is 1. The fourth-order valence-corrected chi connectivity index (χ4v) is 7.26. The van der Waals surface area contributed by atoms with Gasteiger partial charge in [0.2, 0.25) is 5.54 Å². The highest BCUT2D eigenvalue weighted by atomic mass is 32.2. The van der Waals surface area contributed by atoms with Crippen LogP contribution in [0.4, 0.5) is 10.5 Å². The van der Waals surface area contributed by atoms with E-state index in [-0.39, 0.29) is 16.3 Å². The van der Waals surface area contributed by atoms with Crippen molar-refractivity contribution in [3.05, 3.63) is 48.5 Å². The van der Waals surface area contributed by atoms with Gasteiger partial charge in [0.15, 0.2) is 5.78 Å². The number of nitrogens with zero attached hydrogens (tertiary/aromatic N) is 2. The van der Waals surface area contributed by atoms with Gasteiger partial charge in [-0.05, 0) is 83.1 Å². The monoisotopic (exact) mass is 607 g/mol. The average Bonchev–Trinajstić information content (AvgIpc) is 3.27. The zero-order valence-corrected chi connectivity index (χ0v) is 26.1. The standard InChI is InChI=1S/C28H37N3O8S2/c1-18(2)38-25(33)28(5,23(32)24-29-27(3,4)17-40-24)31(41(35,36)22-15-13-20(37-8)14-16-22)19-9-11-21(12-10-19)39-26(34)30(6)7/h9-16,18,24,29H,17H2,1-8H3/t24-,28+/m0/s1. The van der Waals surface area contributed by atoms with Crippen molar-refractivity contribution in [2.45, 2.75) is 62.1 Å². The van der Waals surface area contributed by atoms with Gasteiger partial charge < -0.3 is 19.1 Å². The van der Waals surface area contributed by atoms with E-state index >= 15 is 0 Å². The molecule has 0 bridgehead atoms. The molecule has 1 saturated heterocycles. The van der Waals surface area contributed by atoms with Crippen molar-refractivity contribution in [2.75, 3.05) is 31.3 Å². The Kier molecular flexibility index (Phi) is 9.66. The van der Waals surface area contributed by atoms with Gasteiger partial charge in [0.05, 0.1) is 23.8 Å². The normalized spacial score (nSPS) is 17.8. The van der Waals surface area contributed by atoms with Crippen molar-refractivity contribution < 1.29 is 37.0 Å². The summed E-state index contributed by atoms with van der Waals surface area (Å²) in [6.07, 6.45) is -1.26. The maximum absolute atomic E-state index is 14.4. The average molecular weight is 608 g/mol. The van der Waals surface area contributed by atoms with E-state index in [1.807, 2.05) is 13.8 Å². The van der Waals surface area contributed by atoms with Crippen molar-refractivity contribution in [1.29, 1.82) is 0 Å². The molecule has 1 aliphatic rings. The molecule has 0 aromatic heterocycles. The van der Waals surface area contributed by atoms with Gasteiger partial charge in [0.1, 0.15) is 16.9 Å². The lowest BCUT2D eigenvalue weighted by atomic mass is 9.94. The lowest BCUT2D eigenvalue weighted by molar-refractivity contribution is -0.156. The third-order valence-corrected chi connectivity index (χ3v) is 9.71. The third-order valence-electron chi connectivity index (χ3n) is 6.24. The van der Waals surface area contributed by atoms with Gasteiger partial charge in [-0.1, -0.05) is 0 Å². The molecule has 0 aliphatic carbocycles. The molecule has 1 heterocycles. The van der Waals surface area contributed by atoms with Crippen molar-refractivity contribution in [2.24, 2.45) is 0 Å². The molecule has 1 amide bonds. The molecule has 13 heteroatoms. The lowest BCUT2D eigenvalue weighted by Crippen LogP contribution is -2.65. The first-order valence-corrected chi connectivity index (χ1v) is 15.3. The fourth-order valence-electron chi connectivity index (χ4n) is 4.07. The molecular formula is C28H37N3O8S2. The van der Waals surface area contributed by atoms with Crippen LogP contribution < -0.4 is 19.1 Å². The number of anilines is 1. The number of amides is 1. The molecule has 0 radical (unpaired) electrons. The second-order valence-electron chi connectivity index (χ2n) is 10.8. The minimum absolute atomic E-state index is 0.00992. The van der Waals surface area contributed by atoms with Gasteiger partial charge in [-0.25, -0.2) is 22.3 Å². The van der Waals surface area contributed by atoms with Crippen LogP contribution >= 0.6 is 11.8 Å². The molecule has 2 atom stereocenters. The van der Waals surface area contributed by atoms with E-state index in [4.69, 9.17) is 14.2 Å². The Bertz CT molecular complexity index is 1380. The van der Waals surface area contributed by atoms with E-state index in [9.17, 15) is 22.8 Å². The van der Waals surface area contributed by atoms with E-state index < -0.39 is 50.4 Å². The highest BCUT2D eigenvalue weighted by molar-refractivity contribution is 8.01. The van der Waals surface area contributed by atoms with E-state index in [1.54, 1.807) is 13.8 Å². The van der Waals surface area contributed by atoms with Crippen LogP contribution in [0.1, 0.15) is 34.6 Å². The molecule has 0 unspecified atom stereocenters. The molecule has 0 saturated carbocycles. The van der Waals surface area contributed by atoms with Gasteiger partial charge in [0, 0.05) is 25.4 Å². The van der Waals surface area contributed by atoms with E-state index in [1.165, 1.54) is 93.3 Å². The second kappa shape index (κ2) is 12.3. The summed E-state index contributed by atoms with van der Waals surface area (Å²) in [5, 5.41) is 2.32. The van der Waals surface area contributed by atoms with Crippen molar-refractivity contribution in [3.8, 4) is 11.5 Å². The summed E-state index contributed by atoms with van der Waals surface area (Å²) in [6, 6.07) is 11.1. The van der Waals surface area contributed by atoms with E-state index in [0.717, 1.165) is 4.31 Å². The number of nitrogens with one attached hydrogen (secondary N) is 1. The molecule has 41 heavy (non-hydrogen) atoms. The van der Waals surface area contributed by atoms with Crippen molar-refractivity contribution in [1.82, 2.24) is 10.2 Å². The first kappa shape index (κ1) is 32.2. The predicted octanol–water partition coefficient (Wildman–Crippen LogP) is 3.67. The molecule has 2 aromatic carbocycles. The molecule has 3 rings (SSSR count). The molecular weight excluding hydrogens is 570 g/mol. The number of esters is 1. The van der Waals surface area contributed by atoms with Gasteiger partial charge in [-0.2, -0.15) is 0 Å². The Balaban J connectivity index is 2.24. The van der Waals surface area contributed by atoms with Crippen LogP contribution in [0.25, 0.3) is 0 Å². The van der Waals surface area contributed by atoms with Gasteiger partial charge in [-0.3, -0.25) is 10.1 Å². The Morgan fingerprint density at radius 3 is 2.05 bits per heavy atom. The largest absolute Gasteiger partial charge is 0.497 e. The van der Waals surface area contributed by atoms with Gasteiger partial charge in [-0.15, -0.1) is 11.8 Å². The molecule has 1 aliphatic heterocycles. The topological polar surface area (TPSA) is 132 Å². The number of ether oxygens (including phenoxy) is 3. The smallest absolute Gasteiger partial charge is 0.414 e. The molecule has 224 valence electrons. The molecule has 2 aromatic rings. The van der Waals surface area contributed by atoms with Gasteiger partial charge >= 0.3 is 12.1 Å². The maximum Gasteiger partial charge on any atom is 0.414 e. The SMILES string of the molecule is COc1ccc(S(=O)(=O)N(c2ccc(OC(=O)N(C)C)cc2)[C@@](C)(C(=O)OC(C)C)C(=O)[C@H]2NC(C)(C)CS2)cc1. The second-order valence-corrected chi connectivity index (χ2v) is 13.7. The number of ketones is 1. The van der Waals surface area contributed by atoms with Gasteiger partial charge in [0.25, 0.3) is 10.0 Å². The number of hydrogen-bond donors (Lipinski definition) is 1. The number of methoxy groups -OCH3 is 1. The summed E-state index contributed by atoms with van der Waals surface area (Å²) in [5.41, 5.74) is -2.76. The number of benzene rings is 2. The molecule has 0 spiro atoms. The molecule has 1 N–H and O–H groups in total. The van der Waals surface area contributed by atoms with Crippen LogP contribution in [0.3, 0.4) is 0 Å². The Labute approximate surface area is 245 Å². The summed E-state index contributed by atoms with van der Waals surface area (Å²) in [6.45, 7) is 8.32. The highest BCUT2D eigenvalue weighted by Gasteiger charge is 2.57. The Morgan fingerprint density at radius 2 is 1.59 bits per heavy atom. The lowest BCUT2D eigenvalue weighted by Gasteiger charge is -2.40. The number of carbonyl (C=O) groups is 3. The van der Waals surface area contributed by atoms with Crippen molar-refractivity contribution >= 4 is 45.3 Å². The van der Waals surface area contributed by atoms with E-state index in [2.05, 4.69) is 5.32 Å². The van der Waals surface area contributed by atoms with Crippen LogP contribution in [-0.2, 0) is 24.3 Å².